The standard InChI is InChI=1S/C15H18Cl2N2O3.C10H11ClO3/c1-8(2)21-12-7-11(9(16)6-10(12)17)19-14(20)22-13(18-19)15(3,4)5;1-6-5-8(11)3-4-9(6)14-7(2)10(12)13/h6-8H,1-5H3;3-5,7H,1-2H3,(H,12,13). The zero-order chi connectivity index (χ0) is 27.4. The second kappa shape index (κ2) is 12.0. The third kappa shape index (κ3) is 7.91. The molecule has 196 valence electrons. The van der Waals surface area contributed by atoms with Gasteiger partial charge >= 0.3 is 11.7 Å². The summed E-state index contributed by atoms with van der Waals surface area (Å²) in [4.78, 5) is 22.6. The molecule has 1 heterocycles. The van der Waals surface area contributed by atoms with Crippen LogP contribution in [-0.4, -0.2) is 33.1 Å². The molecule has 11 heteroatoms. The molecule has 3 rings (SSSR count). The number of hydrogen-bond donors (Lipinski definition) is 1. The molecular formula is C25H29Cl3N2O6. The van der Waals surface area contributed by atoms with Crippen LogP contribution in [0.15, 0.2) is 39.5 Å². The van der Waals surface area contributed by atoms with Crippen LogP contribution < -0.4 is 15.2 Å². The van der Waals surface area contributed by atoms with Gasteiger partial charge < -0.3 is 19.0 Å². The van der Waals surface area contributed by atoms with Gasteiger partial charge in [0.2, 0.25) is 5.89 Å². The van der Waals surface area contributed by atoms with E-state index in [2.05, 4.69) is 5.10 Å². The zero-order valence-electron chi connectivity index (χ0n) is 21.1. The summed E-state index contributed by atoms with van der Waals surface area (Å²) in [5.74, 6) is -0.286. The minimum Gasteiger partial charge on any atom is -0.489 e. The van der Waals surface area contributed by atoms with Gasteiger partial charge in [-0.05, 0) is 57.5 Å². The highest BCUT2D eigenvalue weighted by Crippen LogP contribution is 2.33. The highest BCUT2D eigenvalue weighted by atomic mass is 35.5. The lowest BCUT2D eigenvalue weighted by atomic mass is 9.97. The predicted molar refractivity (Wildman–Crippen MR) is 140 cm³/mol. The molecule has 0 aliphatic carbocycles. The Kier molecular flexibility index (Phi) is 9.88. The third-order valence-electron chi connectivity index (χ3n) is 4.57. The topological polar surface area (TPSA) is 104 Å². The van der Waals surface area contributed by atoms with E-state index in [1.807, 2.05) is 41.5 Å². The number of aromatic nitrogens is 2. The van der Waals surface area contributed by atoms with E-state index in [0.29, 0.717) is 33.1 Å². The SMILES string of the molecule is CC(C)Oc1cc(-n2nc(C(C)(C)C)oc2=O)c(Cl)cc1Cl.Cc1cc(Cl)ccc1OC(C)C(=O)O. The van der Waals surface area contributed by atoms with Gasteiger partial charge in [0.05, 0.1) is 21.8 Å². The summed E-state index contributed by atoms with van der Waals surface area (Å²) >= 11 is 18.0. The summed E-state index contributed by atoms with van der Waals surface area (Å²) in [7, 11) is 0. The molecular weight excluding hydrogens is 531 g/mol. The first kappa shape index (κ1) is 29.5. The van der Waals surface area contributed by atoms with Crippen LogP contribution in [0.3, 0.4) is 0 Å². The molecule has 0 radical (unpaired) electrons. The van der Waals surface area contributed by atoms with E-state index >= 15 is 0 Å². The highest BCUT2D eigenvalue weighted by molar-refractivity contribution is 6.36. The summed E-state index contributed by atoms with van der Waals surface area (Å²) in [6.07, 6.45) is -0.916. The predicted octanol–water partition coefficient (Wildman–Crippen LogP) is 6.72. The first-order valence-electron chi connectivity index (χ1n) is 11.0. The average molecular weight is 560 g/mol. The molecule has 0 bridgehead atoms. The van der Waals surface area contributed by atoms with Crippen LogP contribution in [0.25, 0.3) is 5.69 Å². The van der Waals surface area contributed by atoms with E-state index in [0.717, 1.165) is 10.2 Å². The summed E-state index contributed by atoms with van der Waals surface area (Å²) in [5, 5.41) is 14.1. The van der Waals surface area contributed by atoms with Crippen molar-refractivity contribution in [2.75, 3.05) is 0 Å². The average Bonchev–Trinajstić information content (AvgIpc) is 3.14. The lowest BCUT2D eigenvalue weighted by Gasteiger charge is -2.13. The Morgan fingerprint density at radius 2 is 1.67 bits per heavy atom. The summed E-state index contributed by atoms with van der Waals surface area (Å²) in [6, 6.07) is 8.16. The van der Waals surface area contributed by atoms with Crippen molar-refractivity contribution >= 4 is 40.8 Å². The summed E-state index contributed by atoms with van der Waals surface area (Å²) in [6.45, 7) is 12.8. The quantitative estimate of drug-likeness (QED) is 0.357. The van der Waals surface area contributed by atoms with Crippen LogP contribution in [0.4, 0.5) is 0 Å². The maximum atomic E-state index is 12.1. The molecule has 2 aromatic carbocycles. The lowest BCUT2D eigenvalue weighted by molar-refractivity contribution is -0.144. The molecule has 0 spiro atoms. The molecule has 1 aromatic heterocycles. The monoisotopic (exact) mass is 558 g/mol. The van der Waals surface area contributed by atoms with Crippen molar-refractivity contribution in [3.8, 4) is 17.2 Å². The number of nitrogens with zero attached hydrogens (tertiary/aromatic N) is 2. The minimum atomic E-state index is -0.987. The van der Waals surface area contributed by atoms with Gasteiger partial charge in [0.25, 0.3) is 0 Å². The maximum absolute atomic E-state index is 12.1. The van der Waals surface area contributed by atoms with Gasteiger partial charge in [-0.3, -0.25) is 0 Å². The fourth-order valence-electron chi connectivity index (χ4n) is 2.74. The molecule has 1 N–H and O–H groups in total. The number of aliphatic carboxylic acids is 1. The smallest absolute Gasteiger partial charge is 0.442 e. The molecule has 1 unspecified atom stereocenters. The van der Waals surface area contributed by atoms with Gasteiger partial charge in [0, 0.05) is 16.5 Å². The second-order valence-corrected chi connectivity index (χ2v) is 10.5. The van der Waals surface area contributed by atoms with E-state index in [9.17, 15) is 9.59 Å². The number of rotatable bonds is 6. The molecule has 3 aromatic rings. The number of carbonyl (C=O) groups is 1. The van der Waals surface area contributed by atoms with E-state index in [1.165, 1.54) is 13.0 Å². The molecule has 0 amide bonds. The van der Waals surface area contributed by atoms with Crippen molar-refractivity contribution in [1.82, 2.24) is 9.78 Å². The van der Waals surface area contributed by atoms with Crippen LogP contribution in [0.1, 0.15) is 53.0 Å². The Hall–Kier alpha value is -2.68. The van der Waals surface area contributed by atoms with Gasteiger partial charge in [-0.2, -0.15) is 4.68 Å². The number of carboxylic acid groups (broad SMARTS) is 1. The van der Waals surface area contributed by atoms with Crippen LogP contribution in [0.2, 0.25) is 15.1 Å². The third-order valence-corrected chi connectivity index (χ3v) is 5.40. The largest absolute Gasteiger partial charge is 0.489 e. The molecule has 1 atom stereocenters. The molecule has 0 saturated heterocycles. The van der Waals surface area contributed by atoms with Gasteiger partial charge in [0.1, 0.15) is 11.5 Å². The Morgan fingerprint density at radius 3 is 2.17 bits per heavy atom. The van der Waals surface area contributed by atoms with Gasteiger partial charge in [0.15, 0.2) is 6.10 Å². The zero-order valence-corrected chi connectivity index (χ0v) is 23.3. The molecule has 0 aliphatic heterocycles. The van der Waals surface area contributed by atoms with Crippen molar-refractivity contribution in [2.24, 2.45) is 0 Å². The van der Waals surface area contributed by atoms with Gasteiger partial charge in [-0.1, -0.05) is 55.6 Å². The second-order valence-electron chi connectivity index (χ2n) is 9.24. The molecule has 8 nitrogen and oxygen atoms in total. The first-order chi connectivity index (χ1) is 16.6. The van der Waals surface area contributed by atoms with Gasteiger partial charge in [-0.15, -0.1) is 5.10 Å². The highest BCUT2D eigenvalue weighted by Gasteiger charge is 2.24. The molecule has 0 saturated carbocycles. The molecule has 0 aliphatic rings. The number of benzene rings is 2. The normalized spacial score (nSPS) is 12.1. The Bertz CT molecular complexity index is 1280. The lowest BCUT2D eigenvalue weighted by Crippen LogP contribution is -2.23. The molecule has 0 fully saturated rings. The Balaban J connectivity index is 0.000000281. The number of hydrogen-bond acceptors (Lipinski definition) is 6. The van der Waals surface area contributed by atoms with E-state index in [4.69, 9.17) is 53.8 Å². The first-order valence-corrected chi connectivity index (χ1v) is 12.2. The van der Waals surface area contributed by atoms with Crippen LogP contribution in [0, 0.1) is 6.92 Å². The number of aryl methyl sites for hydroxylation is 1. The maximum Gasteiger partial charge on any atom is 0.442 e. The molecule has 36 heavy (non-hydrogen) atoms. The number of carboxylic acids is 1. The van der Waals surface area contributed by atoms with E-state index in [1.54, 1.807) is 24.3 Å². The van der Waals surface area contributed by atoms with Crippen LogP contribution in [-0.2, 0) is 10.2 Å². The number of halogens is 3. The van der Waals surface area contributed by atoms with E-state index in [-0.39, 0.29) is 16.5 Å². The summed E-state index contributed by atoms with van der Waals surface area (Å²) < 4.78 is 17.1. The van der Waals surface area contributed by atoms with Crippen molar-refractivity contribution in [2.45, 2.75) is 66.1 Å². The number of ether oxygens (including phenoxy) is 2. The van der Waals surface area contributed by atoms with Crippen molar-refractivity contribution in [3.05, 3.63) is 67.4 Å². The fraction of sp³-hybridized carbons (Fsp3) is 0.400. The Morgan fingerprint density at radius 1 is 1.03 bits per heavy atom. The summed E-state index contributed by atoms with van der Waals surface area (Å²) in [5.41, 5.74) is 0.803. The minimum absolute atomic E-state index is 0.0642. The van der Waals surface area contributed by atoms with Crippen molar-refractivity contribution < 1.29 is 23.8 Å². The van der Waals surface area contributed by atoms with Crippen molar-refractivity contribution in [1.29, 1.82) is 0 Å². The van der Waals surface area contributed by atoms with Crippen molar-refractivity contribution in [3.63, 3.8) is 0 Å². The fourth-order valence-corrected chi connectivity index (χ4v) is 3.48. The van der Waals surface area contributed by atoms with Crippen LogP contribution in [0.5, 0.6) is 11.5 Å². The Labute approximate surface area is 224 Å². The van der Waals surface area contributed by atoms with E-state index < -0.39 is 17.8 Å². The van der Waals surface area contributed by atoms with Gasteiger partial charge in [-0.25, -0.2) is 9.59 Å². The van der Waals surface area contributed by atoms with Crippen LogP contribution >= 0.6 is 34.8 Å².